The van der Waals surface area contributed by atoms with Crippen molar-refractivity contribution >= 4 is 18.3 Å². The van der Waals surface area contributed by atoms with E-state index < -0.39 is 0 Å². The van der Waals surface area contributed by atoms with Gasteiger partial charge in [-0.1, -0.05) is 12.1 Å². The number of benzene rings is 1. The van der Waals surface area contributed by atoms with Crippen molar-refractivity contribution in [1.29, 1.82) is 0 Å². The standard InChI is InChI=1S/C15H22N2O2.ClH/c1-19-14-4-2-3-11(9-14)7-8-17-15(18)12-5-6-13(16)10-12;/h2-4,9,12-13H,5-8,10,16H2,1H3,(H,17,18);1H. The van der Waals surface area contributed by atoms with E-state index >= 15 is 0 Å². The number of nitrogens with one attached hydrogen (secondary N) is 1. The second kappa shape index (κ2) is 8.12. The molecule has 0 heterocycles. The predicted molar refractivity (Wildman–Crippen MR) is 82.3 cm³/mol. The maximum absolute atomic E-state index is 11.9. The van der Waals surface area contributed by atoms with Crippen LogP contribution < -0.4 is 15.8 Å². The number of nitrogens with two attached hydrogens (primary N) is 1. The fraction of sp³-hybridized carbons (Fsp3) is 0.533. The monoisotopic (exact) mass is 298 g/mol. The Balaban J connectivity index is 0.00000200. The van der Waals surface area contributed by atoms with Crippen LogP contribution >= 0.6 is 12.4 Å². The summed E-state index contributed by atoms with van der Waals surface area (Å²) < 4.78 is 5.17. The van der Waals surface area contributed by atoms with Gasteiger partial charge in [-0.3, -0.25) is 4.79 Å². The zero-order valence-electron chi connectivity index (χ0n) is 11.8. The van der Waals surface area contributed by atoms with Crippen LogP contribution in [0.5, 0.6) is 5.75 Å². The lowest BCUT2D eigenvalue weighted by atomic mass is 10.1. The summed E-state index contributed by atoms with van der Waals surface area (Å²) >= 11 is 0. The molecule has 1 fully saturated rings. The van der Waals surface area contributed by atoms with Crippen LogP contribution in [0.4, 0.5) is 0 Å². The van der Waals surface area contributed by atoms with Crippen LogP contribution in [-0.2, 0) is 11.2 Å². The number of carbonyl (C=O) groups excluding carboxylic acids is 1. The molecule has 20 heavy (non-hydrogen) atoms. The first kappa shape index (κ1) is 16.8. The van der Waals surface area contributed by atoms with Crippen LogP contribution in [0.2, 0.25) is 0 Å². The average molecular weight is 299 g/mol. The molecule has 0 bridgehead atoms. The molecule has 2 unspecified atom stereocenters. The lowest BCUT2D eigenvalue weighted by molar-refractivity contribution is -0.124. The van der Waals surface area contributed by atoms with Gasteiger partial charge in [-0.05, 0) is 43.4 Å². The Hall–Kier alpha value is -1.26. The van der Waals surface area contributed by atoms with Crippen LogP contribution in [0.3, 0.4) is 0 Å². The van der Waals surface area contributed by atoms with E-state index in [0.29, 0.717) is 6.54 Å². The topological polar surface area (TPSA) is 64.3 Å². The molecule has 1 aliphatic rings. The average Bonchev–Trinajstić information content (AvgIpc) is 2.86. The SMILES string of the molecule is COc1cccc(CCNC(=O)C2CCC(N)C2)c1.Cl. The number of amides is 1. The smallest absolute Gasteiger partial charge is 0.223 e. The third-order valence-corrected chi connectivity index (χ3v) is 3.69. The lowest BCUT2D eigenvalue weighted by Crippen LogP contribution is -2.31. The van der Waals surface area contributed by atoms with Crippen LogP contribution in [0, 0.1) is 5.92 Å². The molecule has 1 aromatic rings. The van der Waals surface area contributed by atoms with Gasteiger partial charge in [0.25, 0.3) is 0 Å². The Morgan fingerprint density at radius 2 is 2.25 bits per heavy atom. The van der Waals surface area contributed by atoms with E-state index in [4.69, 9.17) is 10.5 Å². The minimum atomic E-state index is 0. The summed E-state index contributed by atoms with van der Waals surface area (Å²) in [5.41, 5.74) is 6.99. The maximum atomic E-state index is 11.9. The van der Waals surface area contributed by atoms with Crippen LogP contribution in [-0.4, -0.2) is 25.6 Å². The molecular formula is C15H23ClN2O2. The summed E-state index contributed by atoms with van der Waals surface area (Å²) in [7, 11) is 1.66. The molecule has 2 rings (SSSR count). The highest BCUT2D eigenvalue weighted by atomic mass is 35.5. The Morgan fingerprint density at radius 1 is 1.45 bits per heavy atom. The van der Waals surface area contributed by atoms with E-state index in [-0.39, 0.29) is 30.3 Å². The first-order valence-corrected chi connectivity index (χ1v) is 6.85. The number of methoxy groups -OCH3 is 1. The van der Waals surface area contributed by atoms with Gasteiger partial charge in [0.2, 0.25) is 5.91 Å². The Bertz CT molecular complexity index is 440. The molecule has 3 N–H and O–H groups in total. The minimum absolute atomic E-state index is 0. The van der Waals surface area contributed by atoms with Crippen molar-refractivity contribution in [3.05, 3.63) is 29.8 Å². The third-order valence-electron chi connectivity index (χ3n) is 3.69. The largest absolute Gasteiger partial charge is 0.497 e. The fourth-order valence-electron chi connectivity index (χ4n) is 2.56. The molecule has 4 nitrogen and oxygen atoms in total. The van der Waals surface area contributed by atoms with E-state index in [1.54, 1.807) is 7.11 Å². The van der Waals surface area contributed by atoms with Crippen molar-refractivity contribution in [2.75, 3.05) is 13.7 Å². The molecule has 1 amide bonds. The molecule has 0 aromatic heterocycles. The normalized spacial score (nSPS) is 21.1. The molecule has 112 valence electrons. The van der Waals surface area contributed by atoms with E-state index in [2.05, 4.69) is 5.32 Å². The maximum Gasteiger partial charge on any atom is 0.223 e. The number of rotatable bonds is 5. The van der Waals surface area contributed by atoms with Gasteiger partial charge in [0, 0.05) is 18.5 Å². The highest BCUT2D eigenvalue weighted by Crippen LogP contribution is 2.24. The van der Waals surface area contributed by atoms with Gasteiger partial charge < -0.3 is 15.8 Å². The van der Waals surface area contributed by atoms with Crippen molar-refractivity contribution in [1.82, 2.24) is 5.32 Å². The molecule has 1 saturated carbocycles. The second-order valence-electron chi connectivity index (χ2n) is 5.16. The summed E-state index contributed by atoms with van der Waals surface area (Å²) in [6.07, 6.45) is 3.53. The Labute approximate surface area is 126 Å². The van der Waals surface area contributed by atoms with Gasteiger partial charge in [-0.2, -0.15) is 0 Å². The van der Waals surface area contributed by atoms with E-state index in [1.807, 2.05) is 24.3 Å². The minimum Gasteiger partial charge on any atom is -0.497 e. The van der Waals surface area contributed by atoms with E-state index in [0.717, 1.165) is 31.4 Å². The second-order valence-corrected chi connectivity index (χ2v) is 5.16. The molecule has 5 heteroatoms. The van der Waals surface area contributed by atoms with Crippen molar-refractivity contribution in [2.24, 2.45) is 11.7 Å². The zero-order chi connectivity index (χ0) is 13.7. The number of hydrogen-bond donors (Lipinski definition) is 2. The molecule has 1 aromatic carbocycles. The first-order chi connectivity index (χ1) is 9.19. The first-order valence-electron chi connectivity index (χ1n) is 6.85. The number of carbonyl (C=O) groups is 1. The Kier molecular flexibility index (Phi) is 6.82. The molecule has 1 aliphatic carbocycles. The van der Waals surface area contributed by atoms with Gasteiger partial charge in [0.1, 0.15) is 5.75 Å². The molecule has 0 spiro atoms. The van der Waals surface area contributed by atoms with Crippen LogP contribution in [0.15, 0.2) is 24.3 Å². The number of hydrogen-bond acceptors (Lipinski definition) is 3. The summed E-state index contributed by atoms with van der Waals surface area (Å²) in [6.45, 7) is 0.664. The number of ether oxygens (including phenoxy) is 1. The highest BCUT2D eigenvalue weighted by molar-refractivity contribution is 5.85. The number of halogens is 1. The van der Waals surface area contributed by atoms with Gasteiger partial charge >= 0.3 is 0 Å². The van der Waals surface area contributed by atoms with Crippen molar-refractivity contribution in [2.45, 2.75) is 31.7 Å². The molecular weight excluding hydrogens is 276 g/mol. The van der Waals surface area contributed by atoms with E-state index in [1.165, 1.54) is 5.56 Å². The fourth-order valence-corrected chi connectivity index (χ4v) is 2.56. The van der Waals surface area contributed by atoms with E-state index in [9.17, 15) is 4.79 Å². The zero-order valence-corrected chi connectivity index (χ0v) is 12.6. The van der Waals surface area contributed by atoms with Crippen LogP contribution in [0.1, 0.15) is 24.8 Å². The highest BCUT2D eigenvalue weighted by Gasteiger charge is 2.27. The summed E-state index contributed by atoms with van der Waals surface area (Å²) in [4.78, 5) is 11.9. The predicted octanol–water partition coefficient (Wildman–Crippen LogP) is 1.90. The van der Waals surface area contributed by atoms with Gasteiger partial charge in [-0.15, -0.1) is 12.4 Å². The molecule has 0 saturated heterocycles. The Morgan fingerprint density at radius 3 is 2.90 bits per heavy atom. The van der Waals surface area contributed by atoms with Gasteiger partial charge in [0.05, 0.1) is 7.11 Å². The quantitative estimate of drug-likeness (QED) is 0.873. The summed E-state index contributed by atoms with van der Waals surface area (Å²) in [5, 5.41) is 3.00. The summed E-state index contributed by atoms with van der Waals surface area (Å²) in [5.74, 6) is 1.11. The van der Waals surface area contributed by atoms with Gasteiger partial charge in [-0.25, -0.2) is 0 Å². The third kappa shape index (κ3) is 4.69. The van der Waals surface area contributed by atoms with Crippen molar-refractivity contribution < 1.29 is 9.53 Å². The lowest BCUT2D eigenvalue weighted by Gasteiger charge is -2.11. The van der Waals surface area contributed by atoms with Crippen molar-refractivity contribution in [3.8, 4) is 5.75 Å². The molecule has 0 aliphatic heterocycles. The summed E-state index contributed by atoms with van der Waals surface area (Å²) in [6, 6.07) is 8.13. The van der Waals surface area contributed by atoms with Gasteiger partial charge in [0.15, 0.2) is 0 Å². The molecule has 0 radical (unpaired) electrons. The van der Waals surface area contributed by atoms with Crippen molar-refractivity contribution in [3.63, 3.8) is 0 Å². The molecule has 2 atom stereocenters. The van der Waals surface area contributed by atoms with Crippen LogP contribution in [0.25, 0.3) is 0 Å².